The maximum Gasteiger partial charge on any atom is 0.119 e. The van der Waals surface area contributed by atoms with Crippen LogP contribution in [0.4, 0.5) is 0 Å². The minimum absolute atomic E-state index is 0.0799. The molecule has 1 aliphatic rings. The number of alkyl halides is 1. The van der Waals surface area contributed by atoms with Crippen LogP contribution in [-0.2, 0) is 4.74 Å². The van der Waals surface area contributed by atoms with Gasteiger partial charge in [0, 0.05) is 25.0 Å². The molecule has 0 saturated carbocycles. The molecule has 0 amide bonds. The van der Waals surface area contributed by atoms with Crippen LogP contribution in [0.15, 0.2) is 30.3 Å². The van der Waals surface area contributed by atoms with E-state index in [-0.39, 0.29) is 11.7 Å². The second-order valence-electron chi connectivity index (χ2n) is 5.55. The van der Waals surface area contributed by atoms with Gasteiger partial charge < -0.3 is 9.47 Å². The predicted octanol–water partition coefficient (Wildman–Crippen LogP) is 2.94. The van der Waals surface area contributed by atoms with Gasteiger partial charge in [-0.1, -0.05) is 34.1 Å². The smallest absolute Gasteiger partial charge is 0.119 e. The van der Waals surface area contributed by atoms with E-state index in [4.69, 9.17) is 9.47 Å². The SMILES string of the molecule is CC1(C)CN(CCOc2ccccc2)CC(CBr)O1. The van der Waals surface area contributed by atoms with E-state index in [1.165, 1.54) is 0 Å². The van der Waals surface area contributed by atoms with E-state index in [9.17, 15) is 0 Å². The average molecular weight is 328 g/mol. The molecule has 1 aliphatic heterocycles. The number of nitrogens with zero attached hydrogens (tertiary/aromatic N) is 1. The van der Waals surface area contributed by atoms with Crippen molar-refractivity contribution in [2.75, 3.05) is 31.6 Å². The van der Waals surface area contributed by atoms with E-state index in [0.717, 1.165) is 37.3 Å². The van der Waals surface area contributed by atoms with Crippen molar-refractivity contribution < 1.29 is 9.47 Å². The van der Waals surface area contributed by atoms with Gasteiger partial charge in [-0.05, 0) is 26.0 Å². The van der Waals surface area contributed by atoms with Crippen LogP contribution in [0, 0.1) is 0 Å². The van der Waals surface area contributed by atoms with Gasteiger partial charge in [0.15, 0.2) is 0 Å². The number of hydrogen-bond acceptors (Lipinski definition) is 3. The van der Waals surface area contributed by atoms with Gasteiger partial charge in [-0.2, -0.15) is 0 Å². The Bertz CT molecular complexity index is 383. The van der Waals surface area contributed by atoms with Crippen molar-refractivity contribution in [1.82, 2.24) is 4.90 Å². The molecule has 4 heteroatoms. The molecular weight excluding hydrogens is 306 g/mol. The van der Waals surface area contributed by atoms with E-state index in [1.807, 2.05) is 30.3 Å². The summed E-state index contributed by atoms with van der Waals surface area (Å²) in [5, 5.41) is 0.881. The highest BCUT2D eigenvalue weighted by atomic mass is 79.9. The third-order valence-electron chi connectivity index (χ3n) is 3.14. The van der Waals surface area contributed by atoms with Gasteiger partial charge in [0.2, 0.25) is 0 Å². The zero-order valence-corrected chi connectivity index (χ0v) is 13.2. The molecule has 19 heavy (non-hydrogen) atoms. The summed E-state index contributed by atoms with van der Waals surface area (Å²) in [7, 11) is 0. The molecule has 1 unspecified atom stereocenters. The second kappa shape index (κ2) is 6.73. The summed E-state index contributed by atoms with van der Waals surface area (Å²) in [5.41, 5.74) is -0.0799. The number of morpholine rings is 1. The van der Waals surface area contributed by atoms with Crippen LogP contribution in [0.3, 0.4) is 0 Å². The molecule has 0 aliphatic carbocycles. The van der Waals surface area contributed by atoms with E-state index < -0.39 is 0 Å². The molecule has 1 atom stereocenters. The van der Waals surface area contributed by atoms with E-state index in [0.29, 0.717) is 0 Å². The maximum absolute atomic E-state index is 5.99. The zero-order valence-electron chi connectivity index (χ0n) is 11.6. The molecule has 0 radical (unpaired) electrons. The Morgan fingerprint density at radius 2 is 2.11 bits per heavy atom. The third kappa shape index (κ3) is 4.79. The van der Waals surface area contributed by atoms with Crippen molar-refractivity contribution >= 4 is 15.9 Å². The lowest BCUT2D eigenvalue weighted by Crippen LogP contribution is -2.54. The normalized spacial score (nSPS) is 23.2. The molecule has 1 aromatic rings. The van der Waals surface area contributed by atoms with Crippen LogP contribution in [0.5, 0.6) is 5.75 Å². The Balaban J connectivity index is 1.79. The lowest BCUT2D eigenvalue weighted by Gasteiger charge is -2.42. The monoisotopic (exact) mass is 327 g/mol. The number of ether oxygens (including phenoxy) is 2. The summed E-state index contributed by atoms with van der Waals surface area (Å²) in [6.07, 6.45) is 0.264. The molecule has 1 fully saturated rings. The minimum atomic E-state index is -0.0799. The molecule has 1 heterocycles. The summed E-state index contributed by atoms with van der Waals surface area (Å²) in [6.45, 7) is 7.86. The van der Waals surface area contributed by atoms with Crippen LogP contribution in [-0.4, -0.2) is 48.2 Å². The summed E-state index contributed by atoms with van der Waals surface area (Å²) in [5.74, 6) is 0.937. The molecule has 3 nitrogen and oxygen atoms in total. The summed E-state index contributed by atoms with van der Waals surface area (Å²) in [6, 6.07) is 9.97. The highest BCUT2D eigenvalue weighted by molar-refractivity contribution is 9.09. The van der Waals surface area contributed by atoms with E-state index >= 15 is 0 Å². The Morgan fingerprint density at radius 1 is 1.37 bits per heavy atom. The highest BCUT2D eigenvalue weighted by Gasteiger charge is 2.32. The maximum atomic E-state index is 5.99. The first kappa shape index (κ1) is 14.8. The number of hydrogen-bond donors (Lipinski definition) is 0. The van der Waals surface area contributed by atoms with Gasteiger partial charge in [0.05, 0.1) is 11.7 Å². The van der Waals surface area contributed by atoms with Crippen LogP contribution in [0.2, 0.25) is 0 Å². The fraction of sp³-hybridized carbons (Fsp3) is 0.600. The van der Waals surface area contributed by atoms with E-state index in [2.05, 4.69) is 34.7 Å². The van der Waals surface area contributed by atoms with Gasteiger partial charge in [-0.15, -0.1) is 0 Å². The number of para-hydroxylation sites is 1. The molecule has 106 valence electrons. The topological polar surface area (TPSA) is 21.7 Å². The lowest BCUT2D eigenvalue weighted by molar-refractivity contribution is -0.127. The second-order valence-corrected chi connectivity index (χ2v) is 6.20. The minimum Gasteiger partial charge on any atom is -0.492 e. The Hall–Kier alpha value is -0.580. The first-order valence-corrected chi connectivity index (χ1v) is 7.85. The summed E-state index contributed by atoms with van der Waals surface area (Å²) < 4.78 is 11.7. The predicted molar refractivity (Wildman–Crippen MR) is 81.1 cm³/mol. The van der Waals surface area contributed by atoms with Gasteiger partial charge in [-0.3, -0.25) is 4.90 Å². The van der Waals surface area contributed by atoms with Gasteiger partial charge in [-0.25, -0.2) is 0 Å². The molecule has 0 spiro atoms. The van der Waals surface area contributed by atoms with Crippen molar-refractivity contribution in [1.29, 1.82) is 0 Å². The lowest BCUT2D eigenvalue weighted by atomic mass is 10.1. The first-order chi connectivity index (χ1) is 9.09. The molecule has 0 N–H and O–H groups in total. The largest absolute Gasteiger partial charge is 0.492 e. The molecule has 0 aromatic heterocycles. The fourth-order valence-electron chi connectivity index (χ4n) is 2.48. The van der Waals surface area contributed by atoms with E-state index in [1.54, 1.807) is 0 Å². The Labute approximate surface area is 124 Å². The summed E-state index contributed by atoms with van der Waals surface area (Å²) in [4.78, 5) is 2.42. The van der Waals surface area contributed by atoms with Crippen molar-refractivity contribution in [3.8, 4) is 5.75 Å². The summed E-state index contributed by atoms with van der Waals surface area (Å²) >= 11 is 3.51. The first-order valence-electron chi connectivity index (χ1n) is 6.73. The van der Waals surface area contributed by atoms with Gasteiger partial charge >= 0.3 is 0 Å². The van der Waals surface area contributed by atoms with Gasteiger partial charge in [0.25, 0.3) is 0 Å². The van der Waals surface area contributed by atoms with Crippen LogP contribution in [0.25, 0.3) is 0 Å². The molecule has 1 aromatic carbocycles. The number of halogens is 1. The van der Waals surface area contributed by atoms with Crippen LogP contribution >= 0.6 is 15.9 Å². The quantitative estimate of drug-likeness (QED) is 0.776. The Morgan fingerprint density at radius 3 is 2.79 bits per heavy atom. The Kier molecular flexibility index (Phi) is 5.25. The number of benzene rings is 1. The van der Waals surface area contributed by atoms with Crippen molar-refractivity contribution in [2.45, 2.75) is 25.6 Å². The fourth-order valence-corrected chi connectivity index (χ4v) is 2.81. The third-order valence-corrected chi connectivity index (χ3v) is 3.87. The molecule has 2 rings (SSSR count). The van der Waals surface area contributed by atoms with Gasteiger partial charge in [0.1, 0.15) is 12.4 Å². The highest BCUT2D eigenvalue weighted by Crippen LogP contribution is 2.21. The molecule has 1 saturated heterocycles. The van der Waals surface area contributed by atoms with Crippen LogP contribution in [0.1, 0.15) is 13.8 Å². The van der Waals surface area contributed by atoms with Crippen molar-refractivity contribution in [3.05, 3.63) is 30.3 Å². The number of rotatable bonds is 5. The van der Waals surface area contributed by atoms with Crippen molar-refractivity contribution in [3.63, 3.8) is 0 Å². The zero-order chi connectivity index (χ0) is 13.7. The standard InChI is InChI=1S/C15H22BrNO2/c1-15(2)12-17(11-14(10-16)19-15)8-9-18-13-6-4-3-5-7-13/h3-7,14H,8-12H2,1-2H3. The molecule has 0 bridgehead atoms. The van der Waals surface area contributed by atoms with Crippen LogP contribution < -0.4 is 4.74 Å². The average Bonchev–Trinajstić information content (AvgIpc) is 2.38. The van der Waals surface area contributed by atoms with Crippen molar-refractivity contribution in [2.24, 2.45) is 0 Å². The molecular formula is C15H22BrNO2.